The van der Waals surface area contributed by atoms with Crippen LogP contribution in [0.4, 0.5) is 0 Å². The van der Waals surface area contributed by atoms with Crippen LogP contribution >= 0.6 is 0 Å². The highest BCUT2D eigenvalue weighted by molar-refractivity contribution is 5.96. The molecule has 0 aliphatic carbocycles. The minimum atomic E-state index is -1.28. The van der Waals surface area contributed by atoms with Gasteiger partial charge in [0.15, 0.2) is 11.5 Å². The Morgan fingerprint density at radius 2 is 1.86 bits per heavy atom. The zero-order valence-electron chi connectivity index (χ0n) is 15.6. The molecule has 0 unspecified atom stereocenters. The number of carbonyl (C=O) groups is 1. The van der Waals surface area contributed by atoms with Crippen LogP contribution < -0.4 is 14.2 Å². The smallest absolute Gasteiger partial charge is 0.346 e. The molecular formula is C22H21NO5. The molecule has 2 aromatic rings. The second-order valence-corrected chi connectivity index (χ2v) is 5.68. The maximum absolute atomic E-state index is 10.9. The van der Waals surface area contributed by atoms with E-state index in [9.17, 15) is 4.79 Å². The Morgan fingerprint density at radius 3 is 2.50 bits per heavy atom. The standard InChI is InChI=1S/C22H21NO5/c1-3-6-17-7-4-5-8-19(17)27-11-12-28-20-10-9-16(14-21(20)26-2)13-18(15-23)22(24)25/h3-5,7-10,13-14H,1,6,11-12H2,2H3,(H,24,25). The van der Waals surface area contributed by atoms with Gasteiger partial charge in [0, 0.05) is 0 Å². The molecule has 6 heteroatoms. The maximum atomic E-state index is 10.9. The summed E-state index contributed by atoms with van der Waals surface area (Å²) in [5, 5.41) is 17.8. The summed E-state index contributed by atoms with van der Waals surface area (Å²) < 4.78 is 16.8. The van der Waals surface area contributed by atoms with Gasteiger partial charge in [0.1, 0.15) is 30.6 Å². The van der Waals surface area contributed by atoms with Crippen LogP contribution in [0.25, 0.3) is 6.08 Å². The number of methoxy groups -OCH3 is 1. The number of ether oxygens (including phenoxy) is 3. The lowest BCUT2D eigenvalue weighted by molar-refractivity contribution is -0.132. The predicted molar refractivity (Wildman–Crippen MR) is 106 cm³/mol. The third-order valence-corrected chi connectivity index (χ3v) is 3.78. The van der Waals surface area contributed by atoms with E-state index in [1.165, 1.54) is 13.2 Å². The van der Waals surface area contributed by atoms with E-state index in [1.807, 2.05) is 30.3 Å². The average Bonchev–Trinajstić information content (AvgIpc) is 2.71. The van der Waals surface area contributed by atoms with E-state index in [0.717, 1.165) is 17.7 Å². The molecule has 0 bridgehead atoms. The summed E-state index contributed by atoms with van der Waals surface area (Å²) in [5.74, 6) is 0.437. The summed E-state index contributed by atoms with van der Waals surface area (Å²) in [5.41, 5.74) is 1.22. The highest BCUT2D eigenvalue weighted by atomic mass is 16.5. The second-order valence-electron chi connectivity index (χ2n) is 5.68. The third kappa shape index (κ3) is 5.64. The molecule has 0 heterocycles. The van der Waals surface area contributed by atoms with Crippen molar-refractivity contribution in [2.75, 3.05) is 20.3 Å². The topological polar surface area (TPSA) is 88.8 Å². The monoisotopic (exact) mass is 379 g/mol. The van der Waals surface area contributed by atoms with Crippen LogP contribution in [-0.4, -0.2) is 31.4 Å². The molecule has 0 amide bonds. The Morgan fingerprint density at radius 1 is 1.14 bits per heavy atom. The Kier molecular flexibility index (Phi) is 7.67. The highest BCUT2D eigenvalue weighted by Gasteiger charge is 2.09. The Labute approximate surface area is 163 Å². The summed E-state index contributed by atoms with van der Waals surface area (Å²) in [6.45, 7) is 4.39. The lowest BCUT2D eigenvalue weighted by Crippen LogP contribution is -2.10. The van der Waals surface area contributed by atoms with Crippen LogP contribution in [0.1, 0.15) is 11.1 Å². The summed E-state index contributed by atoms with van der Waals surface area (Å²) in [4.78, 5) is 10.9. The van der Waals surface area contributed by atoms with Gasteiger partial charge in [-0.2, -0.15) is 5.26 Å². The number of hydrogen-bond acceptors (Lipinski definition) is 5. The van der Waals surface area contributed by atoms with E-state index < -0.39 is 5.97 Å². The van der Waals surface area contributed by atoms with Gasteiger partial charge in [0.05, 0.1) is 7.11 Å². The number of nitrogens with zero attached hydrogens (tertiary/aromatic N) is 1. The molecule has 0 atom stereocenters. The van der Waals surface area contributed by atoms with Crippen LogP contribution in [0, 0.1) is 11.3 Å². The van der Waals surface area contributed by atoms with Crippen LogP contribution in [0.5, 0.6) is 17.2 Å². The number of carboxylic acids is 1. The van der Waals surface area contributed by atoms with E-state index in [2.05, 4.69) is 6.58 Å². The van der Waals surface area contributed by atoms with E-state index in [1.54, 1.807) is 24.3 Å². The van der Waals surface area contributed by atoms with Gasteiger partial charge in [0.25, 0.3) is 0 Å². The first-order valence-electron chi connectivity index (χ1n) is 8.56. The van der Waals surface area contributed by atoms with Gasteiger partial charge in [-0.3, -0.25) is 0 Å². The number of allylic oxidation sites excluding steroid dienone is 1. The van der Waals surface area contributed by atoms with Gasteiger partial charge in [-0.25, -0.2) is 4.79 Å². The summed E-state index contributed by atoms with van der Waals surface area (Å²) in [7, 11) is 1.49. The van der Waals surface area contributed by atoms with E-state index in [0.29, 0.717) is 30.3 Å². The van der Waals surface area contributed by atoms with Gasteiger partial charge >= 0.3 is 5.97 Å². The zero-order valence-corrected chi connectivity index (χ0v) is 15.6. The Hall–Kier alpha value is -3.72. The molecule has 144 valence electrons. The fraction of sp³-hybridized carbons (Fsp3) is 0.182. The number of benzene rings is 2. The van der Waals surface area contributed by atoms with E-state index >= 15 is 0 Å². The molecule has 0 aliphatic heterocycles. The normalized spacial score (nSPS) is 10.6. The van der Waals surface area contributed by atoms with Crippen molar-refractivity contribution in [1.82, 2.24) is 0 Å². The molecule has 1 N–H and O–H groups in total. The van der Waals surface area contributed by atoms with Gasteiger partial charge in [-0.15, -0.1) is 6.58 Å². The molecule has 0 fully saturated rings. The zero-order chi connectivity index (χ0) is 20.4. The van der Waals surface area contributed by atoms with Gasteiger partial charge in [-0.05, 0) is 41.8 Å². The molecule has 2 rings (SSSR count). The molecular weight excluding hydrogens is 358 g/mol. The quantitative estimate of drug-likeness (QED) is 0.292. The summed E-state index contributed by atoms with van der Waals surface area (Å²) in [6.07, 6.45) is 3.82. The lowest BCUT2D eigenvalue weighted by Gasteiger charge is -2.13. The largest absolute Gasteiger partial charge is 0.493 e. The van der Waals surface area contributed by atoms with Crippen molar-refractivity contribution in [3.8, 4) is 23.3 Å². The first-order chi connectivity index (χ1) is 13.6. The van der Waals surface area contributed by atoms with Crippen LogP contribution in [0.3, 0.4) is 0 Å². The SMILES string of the molecule is C=CCc1ccccc1OCCOc1ccc(C=C(C#N)C(=O)O)cc1OC. The minimum absolute atomic E-state index is 0.298. The molecule has 0 spiro atoms. The summed E-state index contributed by atoms with van der Waals surface area (Å²) in [6, 6.07) is 14.3. The number of rotatable bonds is 10. The molecule has 0 aromatic heterocycles. The second kappa shape index (κ2) is 10.4. The lowest BCUT2D eigenvalue weighted by atomic mass is 10.1. The molecule has 0 aliphatic rings. The van der Waals surface area contributed by atoms with Crippen molar-refractivity contribution in [1.29, 1.82) is 5.26 Å². The van der Waals surface area contributed by atoms with E-state index in [-0.39, 0.29) is 5.57 Å². The number of carboxylic acid groups (broad SMARTS) is 1. The van der Waals surface area contributed by atoms with Gasteiger partial charge < -0.3 is 19.3 Å². The molecule has 2 aromatic carbocycles. The molecule has 28 heavy (non-hydrogen) atoms. The fourth-order valence-corrected chi connectivity index (χ4v) is 2.47. The molecule has 0 radical (unpaired) electrons. The highest BCUT2D eigenvalue weighted by Crippen LogP contribution is 2.29. The van der Waals surface area contributed by atoms with Crippen molar-refractivity contribution >= 4 is 12.0 Å². The van der Waals surface area contributed by atoms with Crippen LogP contribution in [-0.2, 0) is 11.2 Å². The van der Waals surface area contributed by atoms with Crippen LogP contribution in [0.2, 0.25) is 0 Å². The van der Waals surface area contributed by atoms with Gasteiger partial charge in [0.2, 0.25) is 0 Å². The van der Waals surface area contributed by atoms with E-state index in [4.69, 9.17) is 24.6 Å². The first-order valence-corrected chi connectivity index (χ1v) is 8.56. The molecule has 6 nitrogen and oxygen atoms in total. The first kappa shape index (κ1) is 20.6. The van der Waals surface area contributed by atoms with Crippen LogP contribution in [0.15, 0.2) is 60.7 Å². The Balaban J connectivity index is 2.00. The molecule has 0 saturated heterocycles. The van der Waals surface area contributed by atoms with Crippen molar-refractivity contribution in [2.24, 2.45) is 0 Å². The van der Waals surface area contributed by atoms with Crippen molar-refractivity contribution in [3.63, 3.8) is 0 Å². The number of nitriles is 1. The average molecular weight is 379 g/mol. The van der Waals surface area contributed by atoms with Gasteiger partial charge in [-0.1, -0.05) is 30.3 Å². The molecule has 0 saturated carbocycles. The van der Waals surface area contributed by atoms with Crippen molar-refractivity contribution < 1.29 is 24.1 Å². The summed E-state index contributed by atoms with van der Waals surface area (Å²) >= 11 is 0. The van der Waals surface area contributed by atoms with Crippen molar-refractivity contribution in [2.45, 2.75) is 6.42 Å². The maximum Gasteiger partial charge on any atom is 0.346 e. The number of para-hydroxylation sites is 1. The number of aliphatic carboxylic acids is 1. The third-order valence-electron chi connectivity index (χ3n) is 3.78. The fourth-order valence-electron chi connectivity index (χ4n) is 2.47. The minimum Gasteiger partial charge on any atom is -0.493 e. The Bertz CT molecular complexity index is 911. The predicted octanol–water partition coefficient (Wildman–Crippen LogP) is 3.87. The van der Waals surface area contributed by atoms with Crippen molar-refractivity contribution in [3.05, 3.63) is 71.8 Å². The number of hydrogen-bond donors (Lipinski definition) is 1.